The molecule has 5 aromatic rings. The number of oxazole rings is 1. The zero-order valence-corrected chi connectivity index (χ0v) is 26.5. The van der Waals surface area contributed by atoms with Crippen LogP contribution in [-0.2, 0) is 26.3 Å². The number of halogens is 2. The maximum Gasteiger partial charge on any atom is 0.195 e. The van der Waals surface area contributed by atoms with Gasteiger partial charge >= 0.3 is 0 Å². The van der Waals surface area contributed by atoms with Gasteiger partial charge in [0.2, 0.25) is 0 Å². The molecule has 210 valence electrons. The first-order valence-corrected chi connectivity index (χ1v) is 15.4. The van der Waals surface area contributed by atoms with Gasteiger partial charge < -0.3 is 8.98 Å². The lowest BCUT2D eigenvalue weighted by Gasteiger charge is -2.27. The maximum absolute atomic E-state index is 6.00. The van der Waals surface area contributed by atoms with Gasteiger partial charge in [-0.2, -0.15) is 0 Å². The van der Waals surface area contributed by atoms with Gasteiger partial charge in [0.05, 0.1) is 9.99 Å². The fourth-order valence-electron chi connectivity index (χ4n) is 5.51. The van der Waals surface area contributed by atoms with Gasteiger partial charge in [0.15, 0.2) is 22.5 Å². The van der Waals surface area contributed by atoms with Gasteiger partial charge in [0.1, 0.15) is 5.52 Å². The van der Waals surface area contributed by atoms with Gasteiger partial charge in [0.25, 0.3) is 0 Å². The second kappa shape index (κ2) is 12.2. The molecule has 1 aliphatic heterocycles. The Hall–Kier alpha value is -2.46. The number of thioether (sulfide) groups is 1. The van der Waals surface area contributed by atoms with Gasteiger partial charge in [-0.05, 0) is 78.4 Å². The Balaban J connectivity index is 0.00000323. The summed E-state index contributed by atoms with van der Waals surface area (Å²) in [6.45, 7) is 8.54. The van der Waals surface area contributed by atoms with Gasteiger partial charge in [-0.25, -0.2) is 4.98 Å². The first-order chi connectivity index (χ1) is 18.9. The number of hydrogen-bond acceptors (Lipinski definition) is 7. The lowest BCUT2D eigenvalue weighted by atomic mass is 10.0. The molecule has 0 fully saturated rings. The molecule has 0 radical (unpaired) electrons. The van der Waals surface area contributed by atoms with Crippen molar-refractivity contribution in [2.45, 2.75) is 57.7 Å². The van der Waals surface area contributed by atoms with E-state index < -0.39 is 0 Å². The standard InChI is InChI=1S/C30H33BrN6OS.ClH/c1-5-26-33-25-17-20-11-14-37(15-12-21(20)27(31)28(25)38-26)19(3)13-16-39-30-35-34-29(36(30)4)23-7-6-8-24-22(23)10-9-18(2)32-24;/h6-10,17,19H,5,11-16H2,1-4H3;1H. The summed E-state index contributed by atoms with van der Waals surface area (Å²) in [5.41, 5.74) is 7.69. The smallest absolute Gasteiger partial charge is 0.195 e. The Bertz CT molecular complexity index is 1670. The van der Waals surface area contributed by atoms with E-state index in [9.17, 15) is 0 Å². The van der Waals surface area contributed by atoms with Gasteiger partial charge in [0, 0.05) is 55.0 Å². The summed E-state index contributed by atoms with van der Waals surface area (Å²) < 4.78 is 9.19. The fourth-order valence-corrected chi connectivity index (χ4v) is 7.27. The van der Waals surface area contributed by atoms with Crippen molar-refractivity contribution >= 4 is 62.1 Å². The number of aromatic nitrogens is 5. The minimum absolute atomic E-state index is 0. The largest absolute Gasteiger partial charge is 0.440 e. The van der Waals surface area contributed by atoms with E-state index in [1.165, 1.54) is 11.1 Å². The summed E-state index contributed by atoms with van der Waals surface area (Å²) in [6.07, 6.45) is 3.94. The summed E-state index contributed by atoms with van der Waals surface area (Å²) in [5.74, 6) is 2.68. The molecule has 40 heavy (non-hydrogen) atoms. The Morgan fingerprint density at radius 2 is 1.90 bits per heavy atom. The molecular formula is C30H34BrClN6OS. The third kappa shape index (κ3) is 5.53. The van der Waals surface area contributed by atoms with Crippen molar-refractivity contribution in [3.05, 3.63) is 63.6 Å². The summed E-state index contributed by atoms with van der Waals surface area (Å²) in [7, 11) is 2.06. The number of nitrogens with zero attached hydrogens (tertiary/aromatic N) is 6. The van der Waals surface area contributed by atoms with Crippen LogP contribution in [0.1, 0.15) is 43.0 Å². The molecule has 7 nitrogen and oxygen atoms in total. The third-order valence-corrected chi connectivity index (χ3v) is 9.71. The summed E-state index contributed by atoms with van der Waals surface area (Å²) in [4.78, 5) is 12.0. The van der Waals surface area contributed by atoms with Crippen LogP contribution in [0.2, 0.25) is 0 Å². The topological polar surface area (TPSA) is 72.9 Å². The van der Waals surface area contributed by atoms with Crippen molar-refractivity contribution in [2.24, 2.45) is 7.05 Å². The highest BCUT2D eigenvalue weighted by atomic mass is 79.9. The minimum atomic E-state index is 0. The Kier molecular flexibility index (Phi) is 8.85. The van der Waals surface area contributed by atoms with Crippen molar-refractivity contribution in [1.82, 2.24) is 29.6 Å². The van der Waals surface area contributed by atoms with Gasteiger partial charge in [-0.15, -0.1) is 22.6 Å². The summed E-state index contributed by atoms with van der Waals surface area (Å²) in [5, 5.41) is 11.1. The molecule has 0 amide bonds. The average molecular weight is 642 g/mol. The molecule has 10 heteroatoms. The van der Waals surface area contributed by atoms with E-state index in [4.69, 9.17) is 4.42 Å². The van der Waals surface area contributed by atoms with E-state index >= 15 is 0 Å². The van der Waals surface area contributed by atoms with Crippen LogP contribution >= 0.6 is 40.1 Å². The lowest BCUT2D eigenvalue weighted by Crippen LogP contribution is -2.35. The van der Waals surface area contributed by atoms with Crippen molar-refractivity contribution < 1.29 is 4.42 Å². The molecule has 6 rings (SSSR count). The van der Waals surface area contributed by atoms with Crippen LogP contribution in [0, 0.1) is 6.92 Å². The highest BCUT2D eigenvalue weighted by Crippen LogP contribution is 2.34. The normalized spacial score (nSPS) is 14.7. The van der Waals surface area contributed by atoms with E-state index in [0.717, 1.165) is 99.1 Å². The third-order valence-electron chi connectivity index (χ3n) is 7.82. The number of aryl methyl sites for hydroxylation is 2. The first kappa shape index (κ1) is 29.0. The van der Waals surface area contributed by atoms with Gasteiger partial charge in [-0.3, -0.25) is 9.88 Å². The van der Waals surface area contributed by atoms with E-state index in [2.05, 4.69) is 96.8 Å². The molecule has 3 aromatic heterocycles. The number of rotatable bonds is 7. The molecule has 0 aliphatic carbocycles. The van der Waals surface area contributed by atoms with E-state index in [1.54, 1.807) is 11.8 Å². The highest BCUT2D eigenvalue weighted by Gasteiger charge is 2.23. The van der Waals surface area contributed by atoms with Crippen LogP contribution in [0.5, 0.6) is 0 Å². The molecule has 0 saturated heterocycles. The van der Waals surface area contributed by atoms with Crippen LogP contribution in [0.15, 0.2) is 50.4 Å². The molecule has 0 bridgehead atoms. The molecule has 0 spiro atoms. The second-order valence-electron chi connectivity index (χ2n) is 10.3. The predicted molar refractivity (Wildman–Crippen MR) is 169 cm³/mol. The molecule has 1 unspecified atom stereocenters. The molecule has 2 aromatic carbocycles. The molecule has 0 saturated carbocycles. The Morgan fingerprint density at radius 3 is 2.73 bits per heavy atom. The second-order valence-corrected chi connectivity index (χ2v) is 12.2. The average Bonchev–Trinajstić information content (AvgIpc) is 3.44. The van der Waals surface area contributed by atoms with E-state index in [0.29, 0.717) is 6.04 Å². The monoisotopic (exact) mass is 640 g/mol. The SMILES string of the molecule is CCc1nc2cc3c(c(Br)c2o1)CCN(C(C)CCSc1nnc(-c2cccc4nc(C)ccc24)n1C)CC3.Cl. The van der Waals surface area contributed by atoms with Gasteiger partial charge in [-0.1, -0.05) is 36.9 Å². The Morgan fingerprint density at radius 1 is 1.07 bits per heavy atom. The predicted octanol–water partition coefficient (Wildman–Crippen LogP) is 7.20. The van der Waals surface area contributed by atoms with E-state index in [1.807, 2.05) is 13.0 Å². The zero-order chi connectivity index (χ0) is 27.1. The molecular weight excluding hydrogens is 608 g/mol. The van der Waals surface area contributed by atoms with Crippen LogP contribution < -0.4 is 0 Å². The molecule has 0 N–H and O–H groups in total. The summed E-state index contributed by atoms with van der Waals surface area (Å²) >= 11 is 5.62. The highest BCUT2D eigenvalue weighted by molar-refractivity contribution is 9.10. The van der Waals surface area contributed by atoms with Crippen molar-refractivity contribution in [2.75, 3.05) is 18.8 Å². The fraction of sp³-hybridized carbons (Fsp3) is 0.400. The number of fused-ring (bicyclic) bond motifs is 3. The zero-order valence-electron chi connectivity index (χ0n) is 23.3. The van der Waals surface area contributed by atoms with Crippen LogP contribution in [0.3, 0.4) is 0 Å². The Labute approximate surface area is 253 Å². The maximum atomic E-state index is 6.00. The first-order valence-electron chi connectivity index (χ1n) is 13.7. The lowest BCUT2D eigenvalue weighted by molar-refractivity contribution is 0.215. The van der Waals surface area contributed by atoms with Crippen molar-refractivity contribution in [3.8, 4) is 11.4 Å². The van der Waals surface area contributed by atoms with Crippen LogP contribution in [-0.4, -0.2) is 54.5 Å². The van der Waals surface area contributed by atoms with Crippen molar-refractivity contribution in [3.63, 3.8) is 0 Å². The van der Waals surface area contributed by atoms with Crippen LogP contribution in [0.4, 0.5) is 0 Å². The molecule has 1 atom stereocenters. The molecule has 4 heterocycles. The number of hydrogen-bond donors (Lipinski definition) is 0. The van der Waals surface area contributed by atoms with Crippen LogP contribution in [0.25, 0.3) is 33.4 Å². The molecule has 1 aliphatic rings. The summed E-state index contributed by atoms with van der Waals surface area (Å²) in [6, 6.07) is 13.1. The minimum Gasteiger partial charge on any atom is -0.440 e. The number of benzene rings is 2. The van der Waals surface area contributed by atoms with E-state index in [-0.39, 0.29) is 12.4 Å². The van der Waals surface area contributed by atoms with Crippen molar-refractivity contribution in [1.29, 1.82) is 0 Å². The quantitative estimate of drug-likeness (QED) is 0.174. The number of pyridine rings is 1.